The van der Waals surface area contributed by atoms with Crippen molar-refractivity contribution >= 4 is 39.3 Å². The van der Waals surface area contributed by atoms with Crippen LogP contribution in [0.4, 0.5) is 15.8 Å². The summed E-state index contributed by atoms with van der Waals surface area (Å²) in [6.07, 6.45) is 7.03. The Balaban J connectivity index is 0.000000178. The maximum Gasteiger partial charge on any atom is 0.230 e. The highest BCUT2D eigenvalue weighted by atomic mass is 19.1. The summed E-state index contributed by atoms with van der Waals surface area (Å²) in [5.74, 6) is 1.31. The van der Waals surface area contributed by atoms with Crippen LogP contribution >= 0.6 is 0 Å². The number of anilines is 2. The first kappa shape index (κ1) is 33.4. The molecule has 14 heteroatoms. The Bertz CT molecular complexity index is 2340. The van der Waals surface area contributed by atoms with E-state index < -0.39 is 12.1 Å². The van der Waals surface area contributed by atoms with Gasteiger partial charge in [0, 0.05) is 38.4 Å². The Morgan fingerprint density at radius 3 is 1.86 bits per heavy atom. The molecular weight excluding hydrogens is 639 g/mol. The Morgan fingerprint density at radius 1 is 0.860 bits per heavy atom. The standard InChI is InChI=1S/C20H18FN5O2.C16H15N5O/c1-3-11-4-12(8-22)23-9-18(11)28-13-5-16(25-20(27)14-7-15(14)21)19-17(6-13)26(2)10-24-19;1-3-10-4-11(7-17)19-8-15(10)22-12-5-13(18)16-14(6-12)21(2)9-20-16/h4-6,9-10,14-15H,3,7H2,1-2H3,(H,25,27);4-6,8-9H,3,18H2,1-2H3/t14-,15+;/m0./s1. The minimum absolute atomic E-state index is 0.254. The number of halogens is 1. The first-order valence-corrected chi connectivity index (χ1v) is 15.9. The number of nitriles is 2. The summed E-state index contributed by atoms with van der Waals surface area (Å²) in [6, 6.07) is 14.6. The second kappa shape index (κ2) is 13.9. The molecule has 4 aromatic heterocycles. The molecule has 2 atom stereocenters. The highest BCUT2D eigenvalue weighted by Gasteiger charge is 2.43. The van der Waals surface area contributed by atoms with E-state index in [-0.39, 0.29) is 12.3 Å². The Kier molecular flexibility index (Phi) is 9.28. The van der Waals surface area contributed by atoms with Crippen molar-refractivity contribution in [2.75, 3.05) is 11.1 Å². The van der Waals surface area contributed by atoms with Gasteiger partial charge in [-0.25, -0.2) is 24.3 Å². The van der Waals surface area contributed by atoms with E-state index in [1.807, 2.05) is 61.3 Å². The largest absolute Gasteiger partial charge is 0.455 e. The number of nitrogen functional groups attached to an aromatic ring is 1. The van der Waals surface area contributed by atoms with E-state index in [9.17, 15) is 9.18 Å². The van der Waals surface area contributed by atoms with Gasteiger partial charge in [0.15, 0.2) is 0 Å². The monoisotopic (exact) mass is 672 g/mol. The van der Waals surface area contributed by atoms with Crippen LogP contribution in [0.2, 0.25) is 0 Å². The zero-order valence-electron chi connectivity index (χ0n) is 27.8. The van der Waals surface area contributed by atoms with Crippen LogP contribution in [0.3, 0.4) is 0 Å². The van der Waals surface area contributed by atoms with Gasteiger partial charge in [-0.15, -0.1) is 0 Å². The van der Waals surface area contributed by atoms with Crippen molar-refractivity contribution < 1.29 is 18.7 Å². The highest BCUT2D eigenvalue weighted by molar-refractivity contribution is 6.02. The molecule has 50 heavy (non-hydrogen) atoms. The van der Waals surface area contributed by atoms with E-state index in [1.165, 1.54) is 6.20 Å². The van der Waals surface area contributed by atoms with Crippen molar-refractivity contribution in [3.8, 4) is 35.1 Å². The van der Waals surface area contributed by atoms with E-state index >= 15 is 0 Å². The van der Waals surface area contributed by atoms with E-state index in [0.29, 0.717) is 57.7 Å². The number of rotatable bonds is 8. The van der Waals surface area contributed by atoms with Gasteiger partial charge in [-0.2, -0.15) is 10.5 Å². The SMILES string of the molecule is CCc1cc(C#N)ncc1Oc1cc(N)c2ncn(C)c2c1.CCc1cc(C#N)ncc1Oc1cc(NC(=O)[C@H]2C[C@H]2F)c2ncn(C)c2c1. The summed E-state index contributed by atoms with van der Waals surface area (Å²) in [6.45, 7) is 3.96. The number of hydrogen-bond donors (Lipinski definition) is 2. The van der Waals surface area contributed by atoms with Gasteiger partial charge in [-0.1, -0.05) is 13.8 Å². The zero-order valence-corrected chi connectivity index (χ0v) is 27.8. The molecule has 2 aromatic carbocycles. The number of hydrogen-bond acceptors (Lipinski definition) is 10. The average molecular weight is 673 g/mol. The lowest BCUT2D eigenvalue weighted by molar-refractivity contribution is -0.117. The van der Waals surface area contributed by atoms with Gasteiger partial charge in [0.1, 0.15) is 63.7 Å². The van der Waals surface area contributed by atoms with Gasteiger partial charge >= 0.3 is 0 Å². The molecule has 3 N–H and O–H groups in total. The molecule has 4 heterocycles. The number of imidazole rings is 2. The minimum atomic E-state index is -1.07. The van der Waals surface area contributed by atoms with E-state index in [4.69, 9.17) is 25.7 Å². The van der Waals surface area contributed by atoms with Gasteiger partial charge < -0.3 is 29.7 Å². The van der Waals surface area contributed by atoms with E-state index in [0.717, 1.165) is 34.1 Å². The molecule has 1 fully saturated rings. The molecule has 1 amide bonds. The molecule has 7 rings (SSSR count). The number of carbonyl (C=O) groups excluding carboxylic acids is 1. The maximum absolute atomic E-state index is 13.2. The number of aryl methyl sites for hydroxylation is 4. The highest BCUT2D eigenvalue weighted by Crippen LogP contribution is 2.37. The second-order valence-corrected chi connectivity index (χ2v) is 11.8. The maximum atomic E-state index is 13.2. The van der Waals surface area contributed by atoms with Crippen molar-refractivity contribution in [1.82, 2.24) is 29.1 Å². The fraction of sp³-hybridized carbons (Fsp3) is 0.250. The predicted octanol–water partition coefficient (Wildman–Crippen LogP) is 6.27. The third-order valence-corrected chi connectivity index (χ3v) is 8.29. The number of aromatic nitrogens is 6. The number of fused-ring (bicyclic) bond motifs is 2. The quantitative estimate of drug-likeness (QED) is 0.175. The van der Waals surface area contributed by atoms with Gasteiger partial charge in [0.05, 0.1) is 53.4 Å². The number of carbonyl (C=O) groups is 1. The molecule has 13 nitrogen and oxygen atoms in total. The lowest BCUT2D eigenvalue weighted by Crippen LogP contribution is -2.15. The minimum Gasteiger partial charge on any atom is -0.455 e. The van der Waals surface area contributed by atoms with Gasteiger partial charge in [-0.3, -0.25) is 4.79 Å². The van der Waals surface area contributed by atoms with E-state index in [2.05, 4.69) is 25.3 Å². The van der Waals surface area contributed by atoms with Crippen LogP contribution in [0, 0.1) is 28.6 Å². The Hall–Kier alpha value is -6.54. The molecule has 1 aliphatic carbocycles. The number of ether oxygens (including phenoxy) is 2. The predicted molar refractivity (Wildman–Crippen MR) is 184 cm³/mol. The summed E-state index contributed by atoms with van der Waals surface area (Å²) in [5, 5.41) is 20.7. The molecule has 0 spiro atoms. The fourth-order valence-corrected chi connectivity index (χ4v) is 5.39. The van der Waals surface area contributed by atoms with Crippen molar-refractivity contribution in [2.24, 2.45) is 20.0 Å². The van der Waals surface area contributed by atoms with Gasteiger partial charge in [-0.05, 0) is 42.5 Å². The third kappa shape index (κ3) is 6.86. The third-order valence-electron chi connectivity index (χ3n) is 8.29. The molecular formula is C36H33FN10O3. The molecule has 0 unspecified atom stereocenters. The van der Waals surface area contributed by atoms with Crippen LogP contribution in [-0.2, 0) is 31.7 Å². The van der Waals surface area contributed by atoms with Crippen molar-refractivity contribution in [3.63, 3.8) is 0 Å². The Morgan fingerprint density at radius 2 is 1.36 bits per heavy atom. The van der Waals surface area contributed by atoms with Gasteiger partial charge in [0.25, 0.3) is 0 Å². The first-order valence-electron chi connectivity index (χ1n) is 15.9. The van der Waals surface area contributed by atoms with Crippen LogP contribution in [-0.4, -0.2) is 41.1 Å². The van der Waals surface area contributed by atoms with Crippen LogP contribution in [0.1, 0.15) is 42.8 Å². The fourth-order valence-electron chi connectivity index (χ4n) is 5.39. The average Bonchev–Trinajstić information content (AvgIpc) is 3.57. The lowest BCUT2D eigenvalue weighted by Gasteiger charge is -2.13. The normalized spacial score (nSPS) is 14.7. The smallest absolute Gasteiger partial charge is 0.230 e. The molecule has 252 valence electrons. The number of nitrogens with two attached hydrogens (primary N) is 1. The van der Waals surface area contributed by atoms with Crippen LogP contribution in [0.25, 0.3) is 22.1 Å². The summed E-state index contributed by atoms with van der Waals surface area (Å²) >= 11 is 0. The van der Waals surface area contributed by atoms with Crippen LogP contribution in [0.15, 0.2) is 61.4 Å². The molecule has 0 bridgehead atoms. The first-order chi connectivity index (χ1) is 24.1. The van der Waals surface area contributed by atoms with Crippen LogP contribution in [0.5, 0.6) is 23.0 Å². The number of alkyl halides is 1. The van der Waals surface area contributed by atoms with Crippen LogP contribution < -0.4 is 20.5 Å². The van der Waals surface area contributed by atoms with Crippen molar-refractivity contribution in [3.05, 3.63) is 84.0 Å². The van der Waals surface area contributed by atoms with Crippen molar-refractivity contribution in [1.29, 1.82) is 10.5 Å². The topological polar surface area (TPSA) is 183 Å². The number of nitrogens with one attached hydrogen (secondary N) is 1. The molecule has 6 aromatic rings. The molecule has 0 radical (unpaired) electrons. The molecule has 0 saturated heterocycles. The number of nitrogens with zero attached hydrogens (tertiary/aromatic N) is 8. The summed E-state index contributed by atoms with van der Waals surface area (Å²) in [7, 11) is 3.74. The number of pyridine rings is 2. The Labute approximate surface area is 286 Å². The molecule has 1 aliphatic rings. The second-order valence-electron chi connectivity index (χ2n) is 11.8. The van der Waals surface area contributed by atoms with Gasteiger partial charge in [0.2, 0.25) is 5.91 Å². The van der Waals surface area contributed by atoms with E-state index in [1.54, 1.807) is 43.1 Å². The molecule has 1 saturated carbocycles. The number of benzene rings is 2. The molecule has 0 aliphatic heterocycles. The summed E-state index contributed by atoms with van der Waals surface area (Å²) in [4.78, 5) is 28.9. The lowest BCUT2D eigenvalue weighted by atomic mass is 10.1. The number of amides is 1. The summed E-state index contributed by atoms with van der Waals surface area (Å²) in [5.41, 5.74) is 12.6. The zero-order chi connectivity index (χ0) is 35.5. The van der Waals surface area contributed by atoms with Crippen molar-refractivity contribution in [2.45, 2.75) is 39.3 Å². The summed E-state index contributed by atoms with van der Waals surface area (Å²) < 4.78 is 28.9.